The van der Waals surface area contributed by atoms with Crippen molar-refractivity contribution in [2.24, 2.45) is 0 Å². The van der Waals surface area contributed by atoms with Gasteiger partial charge in [0.2, 0.25) is 0 Å². The Kier molecular flexibility index (Phi) is 7.56. The predicted octanol–water partition coefficient (Wildman–Crippen LogP) is 3.42. The van der Waals surface area contributed by atoms with Gasteiger partial charge in [0.15, 0.2) is 0 Å². The van der Waals surface area contributed by atoms with Gasteiger partial charge in [-0.15, -0.1) is 0 Å². The zero-order chi connectivity index (χ0) is 14.5. The third kappa shape index (κ3) is 8.17. The van der Waals surface area contributed by atoms with Gasteiger partial charge in [-0.25, -0.2) is 9.59 Å². The fourth-order valence-electron chi connectivity index (χ4n) is 0.891. The van der Waals surface area contributed by atoms with Crippen molar-refractivity contribution in [1.82, 2.24) is 0 Å². The van der Waals surface area contributed by atoms with E-state index >= 15 is 0 Å². The van der Waals surface area contributed by atoms with Crippen molar-refractivity contribution in [3.63, 3.8) is 0 Å². The van der Waals surface area contributed by atoms with E-state index in [1.165, 1.54) is 12.1 Å². The second kappa shape index (κ2) is 7.56. The first-order valence-corrected chi connectivity index (χ1v) is 16.8. The van der Waals surface area contributed by atoms with Crippen LogP contribution in [0.25, 0.3) is 0 Å². The third-order valence-electron chi connectivity index (χ3n) is 1.53. The molecule has 4 N–H and O–H groups in total. The molecule has 18 heavy (non-hydrogen) atoms. The minimum atomic E-state index is -3.29. The number of rotatable bonds is 2. The molecular formula is C8H7Cl4NO4Zr. The van der Waals surface area contributed by atoms with Crippen molar-refractivity contribution < 1.29 is 35.3 Å². The standard InChI is InChI=1S/C8H7NO4.4ClH.Zr/c9-6-3-4(7(10)11)1-2-5(6)8(12)13;;;;;/h1-3H,9H2,(H,10,11)(H,12,13);4*1H;/q;;;;;+4/p-4. The number of carbonyl (C=O) groups is 2. The molecule has 0 fully saturated rings. The molecule has 1 rings (SSSR count). The average Bonchev–Trinajstić information content (AvgIpc) is 2.13. The van der Waals surface area contributed by atoms with E-state index in [1.54, 1.807) is 0 Å². The van der Waals surface area contributed by atoms with E-state index in [4.69, 9.17) is 50.0 Å². The van der Waals surface area contributed by atoms with Crippen LogP contribution in [-0.4, -0.2) is 22.2 Å². The molecule has 1 aromatic rings. The van der Waals surface area contributed by atoms with Gasteiger partial charge in [0.05, 0.1) is 11.1 Å². The summed E-state index contributed by atoms with van der Waals surface area (Å²) in [4.78, 5) is 20.9. The SMILES string of the molecule is Nc1cc(C(=O)O)ccc1C(=O)O.[Cl][Zr]([Cl])([Cl])[Cl]. The third-order valence-corrected chi connectivity index (χ3v) is 1.53. The van der Waals surface area contributed by atoms with Gasteiger partial charge in [0, 0.05) is 5.69 Å². The van der Waals surface area contributed by atoms with Gasteiger partial charge in [0.25, 0.3) is 0 Å². The molecular weight excluding hydrogens is 407 g/mol. The summed E-state index contributed by atoms with van der Waals surface area (Å²) < 4.78 is 0. The summed E-state index contributed by atoms with van der Waals surface area (Å²) in [5.41, 5.74) is 5.15. The Morgan fingerprint density at radius 1 is 1.06 bits per heavy atom. The van der Waals surface area contributed by atoms with E-state index in [-0.39, 0.29) is 16.8 Å². The molecule has 0 atom stereocenters. The van der Waals surface area contributed by atoms with E-state index < -0.39 is 27.4 Å². The summed E-state index contributed by atoms with van der Waals surface area (Å²) in [7, 11) is 20.1. The Hall–Kier alpha value is 0.00312. The Labute approximate surface area is 121 Å². The Bertz CT molecular complexity index is 457. The van der Waals surface area contributed by atoms with E-state index in [0.717, 1.165) is 6.07 Å². The van der Waals surface area contributed by atoms with E-state index in [9.17, 15) is 9.59 Å². The van der Waals surface area contributed by atoms with Crippen LogP contribution in [0.1, 0.15) is 20.7 Å². The second-order valence-electron chi connectivity index (χ2n) is 2.84. The number of aromatic carboxylic acids is 2. The molecule has 0 saturated carbocycles. The van der Waals surface area contributed by atoms with Crippen molar-refractivity contribution in [3.05, 3.63) is 29.3 Å². The number of hydrogen-bond donors (Lipinski definition) is 3. The number of carboxylic acids is 2. The zero-order valence-corrected chi connectivity index (χ0v) is 14.0. The van der Waals surface area contributed by atoms with Crippen LogP contribution in [0.5, 0.6) is 0 Å². The predicted molar refractivity (Wildman–Crippen MR) is 68.2 cm³/mol. The summed E-state index contributed by atoms with van der Waals surface area (Å²) in [5, 5.41) is 17.1. The first-order valence-electron chi connectivity index (χ1n) is 4.14. The van der Waals surface area contributed by atoms with E-state index in [1.807, 2.05) is 0 Å². The first-order chi connectivity index (χ1) is 8.02. The Morgan fingerprint density at radius 2 is 1.50 bits per heavy atom. The molecule has 0 aliphatic carbocycles. The van der Waals surface area contributed by atoms with Gasteiger partial charge in [-0.3, -0.25) is 0 Å². The Balaban J connectivity index is 0.000000494. The molecule has 0 radical (unpaired) electrons. The van der Waals surface area contributed by atoms with Crippen molar-refractivity contribution in [1.29, 1.82) is 0 Å². The summed E-state index contributed by atoms with van der Waals surface area (Å²) in [6.07, 6.45) is 0. The topological polar surface area (TPSA) is 101 Å². The van der Waals surface area contributed by atoms with E-state index in [0.29, 0.717) is 0 Å². The zero-order valence-electron chi connectivity index (χ0n) is 8.53. The van der Waals surface area contributed by atoms with Crippen LogP contribution in [-0.2, 0) is 15.5 Å². The number of halogens is 4. The molecule has 5 nitrogen and oxygen atoms in total. The summed E-state index contributed by atoms with van der Waals surface area (Å²) in [5.74, 6) is -2.31. The van der Waals surface area contributed by atoms with Gasteiger partial charge in [-0.05, 0) is 18.2 Å². The van der Waals surface area contributed by atoms with Crippen molar-refractivity contribution in [3.8, 4) is 0 Å². The first kappa shape index (κ1) is 18.0. The van der Waals surface area contributed by atoms with Crippen molar-refractivity contribution in [2.45, 2.75) is 0 Å². The van der Waals surface area contributed by atoms with Crippen LogP contribution in [0.4, 0.5) is 5.69 Å². The van der Waals surface area contributed by atoms with Gasteiger partial charge >= 0.3 is 61.5 Å². The van der Waals surface area contributed by atoms with Crippen LogP contribution in [0.15, 0.2) is 18.2 Å². The number of carboxylic acid groups (broad SMARTS) is 2. The quantitative estimate of drug-likeness (QED) is 0.644. The number of hydrogen-bond acceptors (Lipinski definition) is 3. The number of benzene rings is 1. The number of nitrogen functional groups attached to an aromatic ring is 1. The molecule has 0 spiro atoms. The average molecular weight is 414 g/mol. The fraction of sp³-hybridized carbons (Fsp3) is 0. The summed E-state index contributed by atoms with van der Waals surface area (Å²) in [6, 6.07) is 3.48. The molecule has 100 valence electrons. The van der Waals surface area contributed by atoms with Crippen LogP contribution >= 0.6 is 34.1 Å². The van der Waals surface area contributed by atoms with Crippen molar-refractivity contribution in [2.75, 3.05) is 5.73 Å². The van der Waals surface area contributed by atoms with Gasteiger partial charge in [0.1, 0.15) is 0 Å². The van der Waals surface area contributed by atoms with Crippen LogP contribution < -0.4 is 5.73 Å². The van der Waals surface area contributed by atoms with Gasteiger partial charge in [-0.2, -0.15) is 0 Å². The molecule has 0 aliphatic rings. The van der Waals surface area contributed by atoms with Crippen LogP contribution in [0, 0.1) is 0 Å². The molecule has 0 unspecified atom stereocenters. The molecule has 0 saturated heterocycles. The summed E-state index contributed by atoms with van der Waals surface area (Å²) in [6.45, 7) is 0. The molecule has 0 amide bonds. The van der Waals surface area contributed by atoms with Crippen LogP contribution in [0.3, 0.4) is 0 Å². The normalized spacial score (nSPS) is 10.2. The molecule has 0 aliphatic heterocycles. The molecule has 0 bridgehead atoms. The molecule has 1 aromatic carbocycles. The number of anilines is 1. The van der Waals surface area contributed by atoms with Gasteiger partial charge in [-0.1, -0.05) is 0 Å². The minimum absolute atomic E-state index is 0.0255. The maximum atomic E-state index is 10.5. The Morgan fingerprint density at radius 3 is 1.78 bits per heavy atom. The second-order valence-corrected chi connectivity index (χ2v) is 25.2. The fourth-order valence-corrected chi connectivity index (χ4v) is 0.891. The van der Waals surface area contributed by atoms with Crippen LogP contribution in [0.2, 0.25) is 0 Å². The number of nitrogens with two attached hydrogens (primary N) is 1. The maximum absolute atomic E-state index is 10.5. The van der Waals surface area contributed by atoms with Gasteiger partial charge < -0.3 is 15.9 Å². The monoisotopic (exact) mass is 411 g/mol. The van der Waals surface area contributed by atoms with Crippen molar-refractivity contribution >= 4 is 51.7 Å². The molecule has 0 aromatic heterocycles. The molecule has 0 heterocycles. The summed E-state index contributed by atoms with van der Waals surface area (Å²) >= 11 is -3.29. The molecule has 10 heteroatoms. The van der Waals surface area contributed by atoms with E-state index in [2.05, 4.69) is 0 Å².